The number of sulfone groups is 1. The number of nitrogens with two attached hydrogens (primary N) is 1. The highest BCUT2D eigenvalue weighted by atomic mass is 32.2. The maximum atomic E-state index is 12.4. The van der Waals surface area contributed by atoms with Crippen LogP contribution in [0.25, 0.3) is 0 Å². The molecule has 0 spiro atoms. The zero-order valence-corrected chi connectivity index (χ0v) is 13.8. The molecule has 23 heavy (non-hydrogen) atoms. The van der Waals surface area contributed by atoms with Gasteiger partial charge in [0.15, 0.2) is 9.84 Å². The van der Waals surface area contributed by atoms with Crippen molar-refractivity contribution in [3.8, 4) is 0 Å². The van der Waals surface area contributed by atoms with Gasteiger partial charge in [-0.05, 0) is 17.7 Å². The largest absolute Gasteiger partial charge is 0.326 e. The number of rotatable bonds is 5. The monoisotopic (exact) mass is 330 g/mol. The van der Waals surface area contributed by atoms with Crippen LogP contribution in [-0.4, -0.2) is 44.7 Å². The lowest BCUT2D eigenvalue weighted by atomic mass is 9.95. The summed E-state index contributed by atoms with van der Waals surface area (Å²) in [6, 6.07) is 18.9. The van der Waals surface area contributed by atoms with Crippen molar-refractivity contribution in [2.24, 2.45) is 5.73 Å². The number of hydrogen-bond donors (Lipinski definition) is 1. The first-order chi connectivity index (χ1) is 11.1. The first kappa shape index (κ1) is 16.2. The van der Waals surface area contributed by atoms with Gasteiger partial charge in [0.2, 0.25) is 0 Å². The molecule has 1 aliphatic heterocycles. The summed E-state index contributed by atoms with van der Waals surface area (Å²) >= 11 is 0. The molecule has 0 saturated carbocycles. The quantitative estimate of drug-likeness (QED) is 0.909. The van der Waals surface area contributed by atoms with Gasteiger partial charge in [-0.1, -0.05) is 48.5 Å². The van der Waals surface area contributed by atoms with Gasteiger partial charge >= 0.3 is 0 Å². The van der Waals surface area contributed by atoms with Gasteiger partial charge in [-0.3, -0.25) is 0 Å². The number of likely N-dealkylation sites (tertiary alicyclic amines) is 1. The van der Waals surface area contributed by atoms with Crippen LogP contribution in [-0.2, 0) is 9.84 Å². The van der Waals surface area contributed by atoms with E-state index in [9.17, 15) is 8.42 Å². The van der Waals surface area contributed by atoms with E-state index in [0.717, 1.165) is 13.1 Å². The van der Waals surface area contributed by atoms with Crippen molar-refractivity contribution in [2.45, 2.75) is 16.9 Å². The minimum atomic E-state index is -3.23. The third kappa shape index (κ3) is 3.80. The van der Waals surface area contributed by atoms with Crippen molar-refractivity contribution in [3.63, 3.8) is 0 Å². The van der Waals surface area contributed by atoms with E-state index in [2.05, 4.69) is 17.0 Å². The van der Waals surface area contributed by atoms with Crippen molar-refractivity contribution >= 4 is 9.84 Å². The highest BCUT2D eigenvalue weighted by Crippen LogP contribution is 2.26. The Morgan fingerprint density at radius 3 is 2.22 bits per heavy atom. The Labute approximate surface area is 137 Å². The molecule has 0 aliphatic carbocycles. The molecule has 1 aliphatic rings. The SMILES string of the molecule is N[C@@H]1CN(CCS(=O)(=O)c2ccccc2)C[C@H]1c1ccccc1. The molecule has 2 atom stereocenters. The highest BCUT2D eigenvalue weighted by Gasteiger charge is 2.31. The molecule has 1 saturated heterocycles. The van der Waals surface area contributed by atoms with Gasteiger partial charge < -0.3 is 10.6 Å². The second kappa shape index (κ2) is 6.83. The average molecular weight is 330 g/mol. The van der Waals surface area contributed by atoms with E-state index >= 15 is 0 Å². The van der Waals surface area contributed by atoms with E-state index in [-0.39, 0.29) is 17.7 Å². The van der Waals surface area contributed by atoms with Crippen LogP contribution < -0.4 is 5.73 Å². The first-order valence-corrected chi connectivity index (χ1v) is 9.52. The predicted molar refractivity (Wildman–Crippen MR) is 92.1 cm³/mol. The Hall–Kier alpha value is -1.69. The third-order valence-corrected chi connectivity index (χ3v) is 6.16. The number of benzene rings is 2. The fraction of sp³-hybridized carbons (Fsp3) is 0.333. The molecule has 2 aromatic carbocycles. The van der Waals surface area contributed by atoms with E-state index in [0.29, 0.717) is 11.4 Å². The van der Waals surface area contributed by atoms with E-state index in [1.54, 1.807) is 24.3 Å². The molecule has 0 unspecified atom stereocenters. The third-order valence-electron chi connectivity index (χ3n) is 4.45. The molecule has 0 aromatic heterocycles. The lowest BCUT2D eigenvalue weighted by Crippen LogP contribution is -2.31. The van der Waals surface area contributed by atoms with Gasteiger partial charge in [-0.25, -0.2) is 8.42 Å². The van der Waals surface area contributed by atoms with Crippen molar-refractivity contribution in [1.82, 2.24) is 4.90 Å². The molecule has 4 nitrogen and oxygen atoms in total. The van der Waals surface area contributed by atoms with Crippen LogP contribution in [0, 0.1) is 0 Å². The average Bonchev–Trinajstić information content (AvgIpc) is 2.96. The molecule has 3 rings (SSSR count). The molecular formula is C18H22N2O2S. The van der Waals surface area contributed by atoms with Crippen LogP contribution in [0.4, 0.5) is 0 Å². The van der Waals surface area contributed by atoms with E-state index in [4.69, 9.17) is 5.73 Å². The normalized spacial score (nSPS) is 22.3. The maximum Gasteiger partial charge on any atom is 0.179 e. The summed E-state index contributed by atoms with van der Waals surface area (Å²) in [5.41, 5.74) is 7.49. The Balaban J connectivity index is 1.62. The van der Waals surface area contributed by atoms with E-state index in [1.165, 1.54) is 5.56 Å². The van der Waals surface area contributed by atoms with Crippen LogP contribution in [0.3, 0.4) is 0 Å². The van der Waals surface area contributed by atoms with Crippen molar-refractivity contribution < 1.29 is 8.42 Å². The Morgan fingerprint density at radius 1 is 0.957 bits per heavy atom. The van der Waals surface area contributed by atoms with Gasteiger partial charge in [0, 0.05) is 31.6 Å². The minimum Gasteiger partial charge on any atom is -0.326 e. The smallest absolute Gasteiger partial charge is 0.179 e. The summed E-state index contributed by atoms with van der Waals surface area (Å²) in [4.78, 5) is 2.55. The van der Waals surface area contributed by atoms with Gasteiger partial charge in [0.05, 0.1) is 10.6 Å². The molecule has 5 heteroatoms. The van der Waals surface area contributed by atoms with E-state index < -0.39 is 9.84 Å². The zero-order chi connectivity index (χ0) is 16.3. The summed E-state index contributed by atoms with van der Waals surface area (Å²) in [5, 5.41) is 0. The Morgan fingerprint density at radius 2 is 1.57 bits per heavy atom. The fourth-order valence-electron chi connectivity index (χ4n) is 3.14. The Bertz CT molecular complexity index is 732. The second-order valence-electron chi connectivity index (χ2n) is 6.07. The minimum absolute atomic E-state index is 0.0526. The van der Waals surface area contributed by atoms with E-state index in [1.807, 2.05) is 24.3 Å². The lowest BCUT2D eigenvalue weighted by molar-refractivity contribution is 0.351. The van der Waals surface area contributed by atoms with Crippen LogP contribution in [0.2, 0.25) is 0 Å². The number of nitrogens with zero attached hydrogens (tertiary/aromatic N) is 1. The van der Waals surface area contributed by atoms with Crippen molar-refractivity contribution in [3.05, 3.63) is 66.2 Å². The Kier molecular flexibility index (Phi) is 4.80. The molecule has 122 valence electrons. The molecule has 0 amide bonds. The molecule has 0 radical (unpaired) electrons. The standard InChI is InChI=1S/C18H22N2O2S/c19-18-14-20(13-17(18)15-7-3-1-4-8-15)11-12-23(21,22)16-9-5-2-6-10-16/h1-10,17-18H,11-14,19H2/t17-,18+/m0/s1. The topological polar surface area (TPSA) is 63.4 Å². The summed E-state index contributed by atoms with van der Waals surface area (Å²) in [7, 11) is -3.23. The number of hydrogen-bond acceptors (Lipinski definition) is 4. The van der Waals surface area contributed by atoms with Crippen LogP contribution in [0.5, 0.6) is 0 Å². The van der Waals surface area contributed by atoms with Crippen LogP contribution in [0.1, 0.15) is 11.5 Å². The molecular weight excluding hydrogens is 308 g/mol. The molecule has 2 N–H and O–H groups in total. The van der Waals surface area contributed by atoms with Gasteiger partial charge in [0.25, 0.3) is 0 Å². The molecule has 1 fully saturated rings. The summed E-state index contributed by atoms with van der Waals surface area (Å²) < 4.78 is 24.7. The highest BCUT2D eigenvalue weighted by molar-refractivity contribution is 7.91. The van der Waals surface area contributed by atoms with Gasteiger partial charge in [-0.2, -0.15) is 0 Å². The molecule has 0 bridgehead atoms. The summed E-state index contributed by atoms with van der Waals surface area (Å²) in [5.74, 6) is 0.404. The van der Waals surface area contributed by atoms with Gasteiger partial charge in [-0.15, -0.1) is 0 Å². The summed E-state index contributed by atoms with van der Waals surface area (Å²) in [6.07, 6.45) is 0. The predicted octanol–water partition coefficient (Wildman–Crippen LogP) is 1.89. The molecule has 2 aromatic rings. The first-order valence-electron chi connectivity index (χ1n) is 7.87. The van der Waals surface area contributed by atoms with Crippen molar-refractivity contribution in [1.29, 1.82) is 0 Å². The van der Waals surface area contributed by atoms with Crippen LogP contribution >= 0.6 is 0 Å². The van der Waals surface area contributed by atoms with Crippen LogP contribution in [0.15, 0.2) is 65.6 Å². The fourth-order valence-corrected chi connectivity index (χ4v) is 4.45. The lowest BCUT2D eigenvalue weighted by Gasteiger charge is -2.16. The second-order valence-corrected chi connectivity index (χ2v) is 8.18. The summed E-state index contributed by atoms with van der Waals surface area (Å²) in [6.45, 7) is 2.08. The maximum absolute atomic E-state index is 12.4. The zero-order valence-electron chi connectivity index (χ0n) is 13.0. The van der Waals surface area contributed by atoms with Gasteiger partial charge in [0.1, 0.15) is 0 Å². The van der Waals surface area contributed by atoms with Crippen molar-refractivity contribution in [2.75, 3.05) is 25.4 Å². The molecule has 1 heterocycles.